The number of primary amides is 1. The summed E-state index contributed by atoms with van der Waals surface area (Å²) in [5, 5.41) is 8.88. The molecule has 0 radical (unpaired) electrons. The molecule has 2 N–H and O–H groups in total. The minimum atomic E-state index is -0.708. The highest BCUT2D eigenvalue weighted by Gasteiger charge is 2.37. The van der Waals surface area contributed by atoms with E-state index in [2.05, 4.69) is 30.9 Å². The minimum absolute atomic E-state index is 0.0438. The Balaban J connectivity index is 2.51. The predicted octanol–water partition coefficient (Wildman–Crippen LogP) is 2.23. The van der Waals surface area contributed by atoms with Gasteiger partial charge in [0, 0.05) is 23.8 Å². The van der Waals surface area contributed by atoms with E-state index < -0.39 is 5.91 Å². The fraction of sp³-hybridized carbons (Fsp3) is 0.250. The monoisotopic (exact) mass is 267 g/mol. The normalized spacial score (nSPS) is 18.8. The summed E-state index contributed by atoms with van der Waals surface area (Å²) in [5.41, 5.74) is 8.30. The van der Waals surface area contributed by atoms with Gasteiger partial charge < -0.3 is 10.6 Å². The van der Waals surface area contributed by atoms with E-state index in [1.807, 2.05) is 25.2 Å². The number of nitrogens with zero attached hydrogens (tertiary/aromatic N) is 2. The van der Waals surface area contributed by atoms with E-state index in [0.717, 1.165) is 11.4 Å². The second-order valence-electron chi connectivity index (χ2n) is 5.31. The summed E-state index contributed by atoms with van der Waals surface area (Å²) in [6, 6.07) is 9.97. The Morgan fingerprint density at radius 2 is 2.05 bits per heavy atom. The van der Waals surface area contributed by atoms with E-state index in [4.69, 9.17) is 11.0 Å². The number of anilines is 1. The maximum atomic E-state index is 11.1. The number of carbonyl (C=O) groups is 1. The van der Waals surface area contributed by atoms with E-state index in [1.54, 1.807) is 6.08 Å². The summed E-state index contributed by atoms with van der Waals surface area (Å²) in [6.45, 7) is 4.23. The van der Waals surface area contributed by atoms with Crippen molar-refractivity contribution in [1.82, 2.24) is 0 Å². The molecule has 1 amide bonds. The highest BCUT2D eigenvalue weighted by atomic mass is 16.1. The predicted molar refractivity (Wildman–Crippen MR) is 78.8 cm³/mol. The number of para-hydroxylation sites is 1. The first-order chi connectivity index (χ1) is 9.39. The molecule has 1 aliphatic heterocycles. The number of hydrogen-bond acceptors (Lipinski definition) is 3. The molecule has 1 aromatic carbocycles. The molecular formula is C16H17N3O. The second kappa shape index (κ2) is 4.86. The van der Waals surface area contributed by atoms with Crippen molar-refractivity contribution in [2.45, 2.75) is 19.3 Å². The number of hydrogen-bond donors (Lipinski definition) is 1. The van der Waals surface area contributed by atoms with Gasteiger partial charge >= 0.3 is 0 Å². The fourth-order valence-electron chi connectivity index (χ4n) is 2.64. The standard InChI is InChI=1S/C16H17N3O/c1-16(2)12-6-4-5-7-13(12)19(3)14(16)9-8-11(10-17)15(18)20/h4-9H,1-3H3,(H2,18,20)/b11-8+,14-9-. The third kappa shape index (κ3) is 2.08. The summed E-state index contributed by atoms with van der Waals surface area (Å²) in [4.78, 5) is 13.2. The number of fused-ring (bicyclic) bond motifs is 1. The van der Waals surface area contributed by atoms with Crippen molar-refractivity contribution < 1.29 is 4.79 Å². The first kappa shape index (κ1) is 13.9. The molecule has 1 aliphatic rings. The molecule has 0 fully saturated rings. The Morgan fingerprint density at radius 3 is 2.60 bits per heavy atom. The summed E-state index contributed by atoms with van der Waals surface area (Å²) in [7, 11) is 1.98. The number of nitriles is 1. The molecule has 2 rings (SSSR count). The van der Waals surface area contributed by atoms with Gasteiger partial charge in [0.25, 0.3) is 5.91 Å². The van der Waals surface area contributed by atoms with Crippen LogP contribution in [0, 0.1) is 11.3 Å². The third-order valence-corrected chi connectivity index (χ3v) is 3.73. The van der Waals surface area contributed by atoms with E-state index in [0.29, 0.717) is 0 Å². The molecule has 1 aromatic rings. The number of amides is 1. The first-order valence-corrected chi connectivity index (χ1v) is 6.35. The van der Waals surface area contributed by atoms with Gasteiger partial charge in [-0.3, -0.25) is 4.79 Å². The van der Waals surface area contributed by atoms with Gasteiger partial charge in [-0.25, -0.2) is 0 Å². The van der Waals surface area contributed by atoms with Crippen LogP contribution in [-0.4, -0.2) is 13.0 Å². The van der Waals surface area contributed by atoms with Gasteiger partial charge in [0.05, 0.1) is 0 Å². The van der Waals surface area contributed by atoms with Crippen LogP contribution in [0.1, 0.15) is 19.4 Å². The zero-order valence-corrected chi connectivity index (χ0v) is 11.8. The van der Waals surface area contributed by atoms with E-state index in [9.17, 15) is 4.79 Å². The molecule has 0 aromatic heterocycles. The van der Waals surface area contributed by atoms with Crippen molar-refractivity contribution in [3.63, 3.8) is 0 Å². The lowest BCUT2D eigenvalue weighted by Gasteiger charge is -2.23. The lowest BCUT2D eigenvalue weighted by atomic mass is 9.83. The van der Waals surface area contributed by atoms with Gasteiger partial charge in [0.2, 0.25) is 0 Å². The van der Waals surface area contributed by atoms with Crippen LogP contribution in [0.3, 0.4) is 0 Å². The van der Waals surface area contributed by atoms with Crippen molar-refractivity contribution >= 4 is 11.6 Å². The summed E-state index contributed by atoms with van der Waals surface area (Å²) in [5.74, 6) is -0.708. The molecule has 0 aliphatic carbocycles. The molecule has 0 atom stereocenters. The number of carbonyl (C=O) groups excluding carboxylic acids is 1. The molecule has 102 valence electrons. The van der Waals surface area contributed by atoms with Gasteiger partial charge in [-0.1, -0.05) is 32.0 Å². The van der Waals surface area contributed by atoms with Crippen molar-refractivity contribution in [3.05, 3.63) is 53.3 Å². The van der Waals surface area contributed by atoms with Crippen LogP contribution in [0.4, 0.5) is 5.69 Å². The van der Waals surface area contributed by atoms with Gasteiger partial charge in [-0.2, -0.15) is 5.26 Å². The van der Waals surface area contributed by atoms with Crippen LogP contribution in [0.15, 0.2) is 47.7 Å². The maximum absolute atomic E-state index is 11.1. The minimum Gasteiger partial charge on any atom is -0.365 e. The average Bonchev–Trinajstić information content (AvgIpc) is 2.60. The van der Waals surface area contributed by atoms with E-state index in [-0.39, 0.29) is 11.0 Å². The number of nitrogens with two attached hydrogens (primary N) is 1. The summed E-state index contributed by atoms with van der Waals surface area (Å²) >= 11 is 0. The van der Waals surface area contributed by atoms with Gasteiger partial charge in [0.1, 0.15) is 11.6 Å². The topological polar surface area (TPSA) is 70.1 Å². The lowest BCUT2D eigenvalue weighted by molar-refractivity contribution is -0.114. The average molecular weight is 267 g/mol. The van der Waals surface area contributed by atoms with Crippen molar-refractivity contribution in [2.75, 3.05) is 11.9 Å². The molecule has 4 nitrogen and oxygen atoms in total. The van der Waals surface area contributed by atoms with E-state index in [1.165, 1.54) is 11.6 Å². The summed E-state index contributed by atoms with van der Waals surface area (Å²) in [6.07, 6.45) is 3.28. The van der Waals surface area contributed by atoms with Crippen molar-refractivity contribution in [1.29, 1.82) is 5.26 Å². The summed E-state index contributed by atoms with van der Waals surface area (Å²) < 4.78 is 0. The van der Waals surface area contributed by atoms with Gasteiger partial charge in [-0.05, 0) is 23.8 Å². The Kier molecular flexibility index (Phi) is 3.37. The zero-order chi connectivity index (χ0) is 14.9. The zero-order valence-electron chi connectivity index (χ0n) is 11.8. The Hall–Kier alpha value is -2.54. The van der Waals surface area contributed by atoms with Crippen LogP contribution in [0.5, 0.6) is 0 Å². The number of rotatable bonds is 2. The molecule has 1 heterocycles. The number of benzene rings is 1. The quantitative estimate of drug-likeness (QED) is 0.660. The van der Waals surface area contributed by atoms with Crippen LogP contribution >= 0.6 is 0 Å². The second-order valence-corrected chi connectivity index (χ2v) is 5.31. The molecule has 0 unspecified atom stereocenters. The SMILES string of the molecule is CN1/C(=C\C=C(/C#N)C(N)=O)C(C)(C)c2ccccc21. The Morgan fingerprint density at radius 1 is 1.40 bits per heavy atom. The van der Waals surface area contributed by atoms with Crippen LogP contribution in [0.25, 0.3) is 0 Å². The third-order valence-electron chi connectivity index (χ3n) is 3.73. The smallest absolute Gasteiger partial charge is 0.259 e. The largest absolute Gasteiger partial charge is 0.365 e. The van der Waals surface area contributed by atoms with Crippen molar-refractivity contribution in [3.8, 4) is 6.07 Å². The van der Waals surface area contributed by atoms with Crippen LogP contribution < -0.4 is 10.6 Å². The van der Waals surface area contributed by atoms with Crippen LogP contribution in [-0.2, 0) is 10.2 Å². The fourth-order valence-corrected chi connectivity index (χ4v) is 2.64. The molecular weight excluding hydrogens is 250 g/mol. The lowest BCUT2D eigenvalue weighted by Crippen LogP contribution is -2.22. The van der Waals surface area contributed by atoms with Gasteiger partial charge in [-0.15, -0.1) is 0 Å². The molecule has 0 saturated heterocycles. The van der Waals surface area contributed by atoms with Crippen molar-refractivity contribution in [2.24, 2.45) is 5.73 Å². The number of allylic oxidation sites excluding steroid dienone is 3. The Bertz CT molecular complexity index is 663. The molecule has 20 heavy (non-hydrogen) atoms. The molecule has 0 spiro atoms. The Labute approximate surface area is 118 Å². The molecule has 0 bridgehead atoms. The van der Waals surface area contributed by atoms with E-state index >= 15 is 0 Å². The first-order valence-electron chi connectivity index (χ1n) is 6.35. The maximum Gasteiger partial charge on any atom is 0.259 e. The van der Waals surface area contributed by atoms with Crippen LogP contribution in [0.2, 0.25) is 0 Å². The molecule has 0 saturated carbocycles. The molecule has 4 heteroatoms. The highest BCUT2D eigenvalue weighted by molar-refractivity contribution is 5.96. The van der Waals surface area contributed by atoms with Gasteiger partial charge in [0.15, 0.2) is 0 Å². The number of likely N-dealkylation sites (N-methyl/N-ethyl adjacent to an activating group) is 1. The highest BCUT2D eigenvalue weighted by Crippen LogP contribution is 2.46.